The molecule has 0 saturated carbocycles. The maximum Gasteiger partial charge on any atom is 0.274 e. The van der Waals surface area contributed by atoms with E-state index in [1.165, 1.54) is 12.1 Å². The van der Waals surface area contributed by atoms with E-state index in [0.29, 0.717) is 22.7 Å². The van der Waals surface area contributed by atoms with E-state index in [4.69, 9.17) is 9.47 Å². The highest BCUT2D eigenvalue weighted by atomic mass is 16.6. The van der Waals surface area contributed by atoms with Crippen LogP contribution in [-0.2, 0) is 4.79 Å². The van der Waals surface area contributed by atoms with E-state index in [1.807, 2.05) is 12.1 Å². The molecular weight excluding hydrogens is 312 g/mol. The minimum atomic E-state index is -0.476. The lowest BCUT2D eigenvalue weighted by atomic mass is 10.1. The SMILES string of the molecule is COc1ccccc1OCCC(=O)Nc1cccc([N+](=O)[O-])c1C. The number of para-hydroxylation sites is 2. The molecule has 1 N–H and O–H groups in total. The Hall–Kier alpha value is -3.09. The molecule has 7 nitrogen and oxygen atoms in total. The van der Waals surface area contributed by atoms with Crippen LogP contribution in [0.3, 0.4) is 0 Å². The fraction of sp³-hybridized carbons (Fsp3) is 0.235. The predicted molar refractivity (Wildman–Crippen MR) is 89.6 cm³/mol. The van der Waals surface area contributed by atoms with Crippen molar-refractivity contribution in [3.63, 3.8) is 0 Å². The number of nitrogens with one attached hydrogen (secondary N) is 1. The summed E-state index contributed by atoms with van der Waals surface area (Å²) < 4.78 is 10.7. The van der Waals surface area contributed by atoms with Crippen molar-refractivity contribution < 1.29 is 19.2 Å². The summed E-state index contributed by atoms with van der Waals surface area (Å²) in [4.78, 5) is 22.4. The molecule has 7 heteroatoms. The van der Waals surface area contributed by atoms with Gasteiger partial charge in [0.2, 0.25) is 5.91 Å². The number of nitro groups is 1. The van der Waals surface area contributed by atoms with Crippen LogP contribution < -0.4 is 14.8 Å². The molecule has 0 spiro atoms. The summed E-state index contributed by atoms with van der Waals surface area (Å²) in [6, 6.07) is 11.7. The first-order chi connectivity index (χ1) is 11.5. The summed E-state index contributed by atoms with van der Waals surface area (Å²) in [6.45, 7) is 1.76. The number of rotatable bonds is 7. The Kier molecular flexibility index (Phi) is 5.73. The second-order valence-electron chi connectivity index (χ2n) is 5.00. The second kappa shape index (κ2) is 7.96. The largest absolute Gasteiger partial charge is 0.493 e. The summed E-state index contributed by atoms with van der Waals surface area (Å²) in [5.41, 5.74) is 0.811. The van der Waals surface area contributed by atoms with Gasteiger partial charge < -0.3 is 14.8 Å². The van der Waals surface area contributed by atoms with Crippen molar-refractivity contribution in [2.24, 2.45) is 0 Å². The van der Waals surface area contributed by atoms with Crippen molar-refractivity contribution in [1.29, 1.82) is 0 Å². The van der Waals surface area contributed by atoms with Crippen LogP contribution >= 0.6 is 0 Å². The number of amides is 1. The van der Waals surface area contributed by atoms with Crippen LogP contribution in [0.4, 0.5) is 11.4 Å². The summed E-state index contributed by atoms with van der Waals surface area (Å²) in [6.07, 6.45) is 0.111. The van der Waals surface area contributed by atoms with Gasteiger partial charge in [0.15, 0.2) is 11.5 Å². The van der Waals surface area contributed by atoms with E-state index in [2.05, 4.69) is 5.32 Å². The molecule has 2 rings (SSSR count). The van der Waals surface area contributed by atoms with Crippen molar-refractivity contribution in [2.45, 2.75) is 13.3 Å². The van der Waals surface area contributed by atoms with E-state index in [0.717, 1.165) is 0 Å². The molecule has 0 fully saturated rings. The highest BCUT2D eigenvalue weighted by molar-refractivity contribution is 5.92. The van der Waals surface area contributed by atoms with Crippen LogP contribution in [-0.4, -0.2) is 24.5 Å². The van der Waals surface area contributed by atoms with Crippen molar-refractivity contribution in [1.82, 2.24) is 0 Å². The van der Waals surface area contributed by atoms with Crippen LogP contribution in [0.2, 0.25) is 0 Å². The fourth-order valence-corrected chi connectivity index (χ4v) is 2.16. The van der Waals surface area contributed by atoms with E-state index in [-0.39, 0.29) is 24.6 Å². The van der Waals surface area contributed by atoms with E-state index in [1.54, 1.807) is 32.2 Å². The zero-order chi connectivity index (χ0) is 17.5. The van der Waals surface area contributed by atoms with Gasteiger partial charge in [-0.1, -0.05) is 18.2 Å². The van der Waals surface area contributed by atoms with Crippen molar-refractivity contribution in [3.8, 4) is 11.5 Å². The standard InChI is InChI=1S/C17H18N2O5/c1-12-13(6-5-7-14(12)19(21)22)18-17(20)10-11-24-16-9-4-3-8-15(16)23-2/h3-9H,10-11H2,1-2H3,(H,18,20). The third-order valence-corrected chi connectivity index (χ3v) is 3.43. The van der Waals surface area contributed by atoms with Gasteiger partial charge in [0.05, 0.1) is 36.3 Å². The minimum Gasteiger partial charge on any atom is -0.493 e. The van der Waals surface area contributed by atoms with Gasteiger partial charge in [-0.3, -0.25) is 14.9 Å². The molecule has 2 aromatic carbocycles. The summed E-state index contributed by atoms with van der Waals surface area (Å²) >= 11 is 0. The molecule has 0 aliphatic rings. The zero-order valence-corrected chi connectivity index (χ0v) is 13.4. The first-order valence-electron chi connectivity index (χ1n) is 7.32. The number of nitro benzene ring substituents is 1. The molecule has 0 aliphatic carbocycles. The topological polar surface area (TPSA) is 90.7 Å². The second-order valence-corrected chi connectivity index (χ2v) is 5.00. The molecule has 2 aromatic rings. The number of carbonyl (C=O) groups is 1. The molecule has 0 aliphatic heterocycles. The molecule has 0 unspecified atom stereocenters. The number of ether oxygens (including phenoxy) is 2. The first-order valence-corrected chi connectivity index (χ1v) is 7.32. The van der Waals surface area contributed by atoms with Gasteiger partial charge in [0.25, 0.3) is 5.69 Å². The maximum atomic E-state index is 12.0. The minimum absolute atomic E-state index is 0.0296. The molecular formula is C17H18N2O5. The summed E-state index contributed by atoms with van der Waals surface area (Å²) in [5, 5.41) is 13.6. The Morgan fingerprint density at radius 1 is 1.17 bits per heavy atom. The Morgan fingerprint density at radius 3 is 2.54 bits per heavy atom. The average molecular weight is 330 g/mol. The highest BCUT2D eigenvalue weighted by Crippen LogP contribution is 2.26. The van der Waals surface area contributed by atoms with E-state index >= 15 is 0 Å². The molecule has 0 radical (unpaired) electrons. The van der Waals surface area contributed by atoms with Gasteiger partial charge in [-0.2, -0.15) is 0 Å². The Balaban J connectivity index is 1.92. The van der Waals surface area contributed by atoms with Gasteiger partial charge in [-0.05, 0) is 25.1 Å². The number of methoxy groups -OCH3 is 1. The van der Waals surface area contributed by atoms with E-state index in [9.17, 15) is 14.9 Å². The van der Waals surface area contributed by atoms with E-state index < -0.39 is 4.92 Å². The number of benzene rings is 2. The van der Waals surface area contributed by atoms with Crippen molar-refractivity contribution >= 4 is 17.3 Å². The van der Waals surface area contributed by atoms with Crippen LogP contribution in [0.15, 0.2) is 42.5 Å². The number of nitrogens with zero attached hydrogens (tertiary/aromatic N) is 1. The third kappa shape index (κ3) is 4.22. The van der Waals surface area contributed by atoms with Crippen molar-refractivity contribution in [2.75, 3.05) is 19.0 Å². The third-order valence-electron chi connectivity index (χ3n) is 3.43. The summed E-state index contributed by atoms with van der Waals surface area (Å²) in [7, 11) is 1.54. The molecule has 0 saturated heterocycles. The molecule has 1 amide bonds. The molecule has 0 atom stereocenters. The molecule has 0 heterocycles. The lowest BCUT2D eigenvalue weighted by molar-refractivity contribution is -0.385. The van der Waals surface area contributed by atoms with Gasteiger partial charge in [0.1, 0.15) is 0 Å². The lowest BCUT2D eigenvalue weighted by Gasteiger charge is -2.11. The smallest absolute Gasteiger partial charge is 0.274 e. The Morgan fingerprint density at radius 2 is 1.88 bits per heavy atom. The van der Waals surface area contributed by atoms with Crippen LogP contribution in [0.5, 0.6) is 11.5 Å². The van der Waals surface area contributed by atoms with Gasteiger partial charge in [-0.25, -0.2) is 0 Å². The number of hydrogen-bond acceptors (Lipinski definition) is 5. The first kappa shape index (κ1) is 17.3. The normalized spacial score (nSPS) is 10.1. The Labute approximate surface area is 139 Å². The van der Waals surface area contributed by atoms with Gasteiger partial charge in [0, 0.05) is 6.07 Å². The zero-order valence-electron chi connectivity index (χ0n) is 13.4. The molecule has 126 valence electrons. The van der Waals surface area contributed by atoms with Crippen LogP contribution in [0.25, 0.3) is 0 Å². The van der Waals surface area contributed by atoms with Crippen LogP contribution in [0, 0.1) is 17.0 Å². The maximum absolute atomic E-state index is 12.0. The lowest BCUT2D eigenvalue weighted by Crippen LogP contribution is -2.16. The number of carbonyl (C=O) groups excluding carboxylic acids is 1. The Bertz CT molecular complexity index is 746. The number of anilines is 1. The fourth-order valence-electron chi connectivity index (χ4n) is 2.16. The molecule has 24 heavy (non-hydrogen) atoms. The highest BCUT2D eigenvalue weighted by Gasteiger charge is 2.14. The van der Waals surface area contributed by atoms with Crippen molar-refractivity contribution in [3.05, 3.63) is 58.1 Å². The summed E-state index contributed by atoms with van der Waals surface area (Å²) in [5.74, 6) is 0.861. The van der Waals surface area contributed by atoms with Gasteiger partial charge in [-0.15, -0.1) is 0 Å². The average Bonchev–Trinajstić information content (AvgIpc) is 2.57. The van der Waals surface area contributed by atoms with Crippen LogP contribution in [0.1, 0.15) is 12.0 Å². The van der Waals surface area contributed by atoms with Gasteiger partial charge >= 0.3 is 0 Å². The molecule has 0 aromatic heterocycles. The predicted octanol–water partition coefficient (Wildman–Crippen LogP) is 3.32. The number of hydrogen-bond donors (Lipinski definition) is 1. The monoisotopic (exact) mass is 330 g/mol. The quantitative estimate of drug-likeness (QED) is 0.621. The molecule has 0 bridgehead atoms.